The molecule has 3 nitrogen and oxygen atoms in total. The maximum atomic E-state index is 10.6. The Bertz CT molecular complexity index is 145. The zero-order valence-corrected chi connectivity index (χ0v) is 8.43. The molecule has 0 radical (unpaired) electrons. The zero-order chi connectivity index (χ0) is 9.61. The van der Waals surface area contributed by atoms with E-state index in [0.717, 1.165) is 12.8 Å². The second-order valence-corrected chi connectivity index (χ2v) is 4.02. The van der Waals surface area contributed by atoms with E-state index in [1.54, 1.807) is 14.0 Å². The quantitative estimate of drug-likeness (QED) is 0.496. The van der Waals surface area contributed by atoms with E-state index in [0.29, 0.717) is 13.0 Å². The summed E-state index contributed by atoms with van der Waals surface area (Å²) in [5.41, 5.74) is 0. The van der Waals surface area contributed by atoms with Crippen LogP contribution in [0.25, 0.3) is 0 Å². The van der Waals surface area contributed by atoms with Gasteiger partial charge >= 0.3 is 5.97 Å². The molecule has 4 heteroatoms. The molecule has 0 aromatic rings. The molecule has 0 saturated carbocycles. The molecule has 0 rings (SSSR count). The minimum Gasteiger partial charge on any atom is -0.480 e. The summed E-state index contributed by atoms with van der Waals surface area (Å²) < 4.78 is 3.95. The van der Waals surface area contributed by atoms with Gasteiger partial charge in [0.15, 0.2) is 0 Å². The van der Waals surface area contributed by atoms with Crippen LogP contribution in [0.1, 0.15) is 26.2 Å². The molecule has 0 saturated heterocycles. The number of unbranched alkanes of at least 4 members (excludes halogenated alkanes) is 1. The van der Waals surface area contributed by atoms with E-state index < -0.39 is 10.7 Å². The van der Waals surface area contributed by atoms with E-state index in [1.165, 1.54) is 0 Å². The molecule has 0 fully saturated rings. The Hall–Kier alpha value is -0.220. The number of hydrogen-bond acceptors (Lipinski definition) is 3. The first kappa shape index (κ1) is 11.8. The number of hydrogen-bond donors (Lipinski definition) is 2. The number of aliphatic carboxylic acids is 1. The summed E-state index contributed by atoms with van der Waals surface area (Å²) in [5, 5.41) is 8.69. The first-order chi connectivity index (χ1) is 5.50. The Morgan fingerprint density at radius 3 is 2.58 bits per heavy atom. The predicted octanol–water partition coefficient (Wildman–Crippen LogP) is 1.58. The Balaban J connectivity index is 3.54. The molecule has 0 aliphatic carbocycles. The summed E-state index contributed by atoms with van der Waals surface area (Å²) in [5.74, 6) is -0.858. The maximum Gasteiger partial charge on any atom is 0.319 e. The molecule has 0 heterocycles. The number of ether oxygens (including phenoxy) is 1. The Morgan fingerprint density at radius 1 is 1.58 bits per heavy atom. The van der Waals surface area contributed by atoms with Gasteiger partial charge in [0, 0.05) is 13.7 Å². The highest BCUT2D eigenvalue weighted by molar-refractivity contribution is 7.82. The summed E-state index contributed by atoms with van der Waals surface area (Å²) in [4.78, 5) is 10.6. The number of carboxylic acid groups (broad SMARTS) is 1. The number of rotatable bonds is 6. The van der Waals surface area contributed by atoms with Crippen LogP contribution in [0.2, 0.25) is 0 Å². The van der Waals surface area contributed by atoms with Gasteiger partial charge in [0.05, 0.1) is 0 Å². The van der Waals surface area contributed by atoms with Gasteiger partial charge in [0.2, 0.25) is 0 Å². The molecule has 1 unspecified atom stereocenters. The van der Waals surface area contributed by atoms with Gasteiger partial charge in [-0.1, -0.05) is 0 Å². The highest BCUT2D eigenvalue weighted by Crippen LogP contribution is 2.21. The molecule has 0 spiro atoms. The topological polar surface area (TPSA) is 46.5 Å². The predicted molar refractivity (Wildman–Crippen MR) is 50.8 cm³/mol. The van der Waals surface area contributed by atoms with Gasteiger partial charge < -0.3 is 9.84 Å². The summed E-state index contributed by atoms with van der Waals surface area (Å²) in [6.45, 7) is 2.30. The van der Waals surface area contributed by atoms with E-state index in [2.05, 4.69) is 12.6 Å². The lowest BCUT2D eigenvalue weighted by atomic mass is 10.0. The van der Waals surface area contributed by atoms with Crippen LogP contribution < -0.4 is 0 Å². The Morgan fingerprint density at radius 2 is 2.17 bits per heavy atom. The molecule has 12 heavy (non-hydrogen) atoms. The lowest BCUT2D eigenvalue weighted by molar-refractivity contribution is -0.139. The van der Waals surface area contributed by atoms with Crippen molar-refractivity contribution in [2.45, 2.75) is 30.9 Å². The Labute approximate surface area is 78.5 Å². The SMILES string of the molecule is COCCCCC(C)(S)C(=O)O. The molecule has 72 valence electrons. The fraction of sp³-hybridized carbons (Fsp3) is 0.875. The smallest absolute Gasteiger partial charge is 0.319 e. The largest absolute Gasteiger partial charge is 0.480 e. The maximum absolute atomic E-state index is 10.6. The van der Waals surface area contributed by atoms with Crippen LogP contribution in [0.5, 0.6) is 0 Å². The number of thiol groups is 1. The number of carbonyl (C=O) groups is 1. The van der Waals surface area contributed by atoms with Crippen LogP contribution in [-0.2, 0) is 9.53 Å². The van der Waals surface area contributed by atoms with Crippen molar-refractivity contribution in [2.75, 3.05) is 13.7 Å². The van der Waals surface area contributed by atoms with E-state index in [9.17, 15) is 4.79 Å². The van der Waals surface area contributed by atoms with Crippen LogP contribution in [0.15, 0.2) is 0 Å². The molecule has 1 N–H and O–H groups in total. The third kappa shape index (κ3) is 4.62. The fourth-order valence-electron chi connectivity index (χ4n) is 0.823. The first-order valence-corrected chi connectivity index (χ1v) is 4.40. The van der Waals surface area contributed by atoms with Crippen molar-refractivity contribution >= 4 is 18.6 Å². The third-order valence-corrected chi connectivity index (χ3v) is 2.14. The lowest BCUT2D eigenvalue weighted by Gasteiger charge is -2.17. The van der Waals surface area contributed by atoms with Crippen molar-refractivity contribution in [1.29, 1.82) is 0 Å². The minimum atomic E-state index is -0.895. The van der Waals surface area contributed by atoms with E-state index in [4.69, 9.17) is 9.84 Å². The van der Waals surface area contributed by atoms with Gasteiger partial charge in [0.1, 0.15) is 4.75 Å². The van der Waals surface area contributed by atoms with Crippen LogP contribution in [0.3, 0.4) is 0 Å². The van der Waals surface area contributed by atoms with Crippen molar-refractivity contribution < 1.29 is 14.6 Å². The number of carboxylic acids is 1. The average molecular weight is 192 g/mol. The van der Waals surface area contributed by atoms with E-state index in [-0.39, 0.29) is 0 Å². The van der Waals surface area contributed by atoms with E-state index in [1.807, 2.05) is 0 Å². The van der Waals surface area contributed by atoms with Crippen LogP contribution in [0, 0.1) is 0 Å². The second kappa shape index (κ2) is 5.43. The first-order valence-electron chi connectivity index (χ1n) is 3.95. The fourth-order valence-corrected chi connectivity index (χ4v) is 0.981. The zero-order valence-electron chi connectivity index (χ0n) is 7.54. The molecular weight excluding hydrogens is 176 g/mol. The summed E-state index contributed by atoms with van der Waals surface area (Å²) in [6.07, 6.45) is 2.30. The highest BCUT2D eigenvalue weighted by Gasteiger charge is 2.27. The normalized spacial score (nSPS) is 15.6. The molecular formula is C8H16O3S. The standard InChI is InChI=1S/C8H16O3S/c1-8(12,7(9)10)5-3-4-6-11-2/h12H,3-6H2,1-2H3,(H,9,10). The van der Waals surface area contributed by atoms with Crippen LogP contribution in [-0.4, -0.2) is 29.5 Å². The van der Waals surface area contributed by atoms with Gasteiger partial charge in [-0.3, -0.25) is 4.79 Å². The molecule has 0 aliphatic heterocycles. The van der Waals surface area contributed by atoms with Crippen molar-refractivity contribution in [3.63, 3.8) is 0 Å². The van der Waals surface area contributed by atoms with Crippen molar-refractivity contribution in [1.82, 2.24) is 0 Å². The van der Waals surface area contributed by atoms with Crippen LogP contribution >= 0.6 is 12.6 Å². The summed E-state index contributed by atoms with van der Waals surface area (Å²) >= 11 is 4.04. The molecule has 0 aromatic heterocycles. The third-order valence-electron chi connectivity index (χ3n) is 1.72. The number of methoxy groups -OCH3 is 1. The second-order valence-electron chi connectivity index (χ2n) is 3.03. The van der Waals surface area contributed by atoms with E-state index >= 15 is 0 Å². The van der Waals surface area contributed by atoms with Crippen molar-refractivity contribution in [2.24, 2.45) is 0 Å². The molecule has 0 aliphatic rings. The minimum absolute atomic E-state index is 0.578. The molecule has 1 atom stereocenters. The molecule has 0 aromatic carbocycles. The lowest BCUT2D eigenvalue weighted by Crippen LogP contribution is -2.28. The van der Waals surface area contributed by atoms with Crippen molar-refractivity contribution in [3.8, 4) is 0 Å². The van der Waals surface area contributed by atoms with Gasteiger partial charge in [-0.15, -0.1) is 0 Å². The molecule has 0 bridgehead atoms. The van der Waals surface area contributed by atoms with Gasteiger partial charge in [-0.25, -0.2) is 0 Å². The highest BCUT2D eigenvalue weighted by atomic mass is 32.1. The van der Waals surface area contributed by atoms with Gasteiger partial charge in [-0.2, -0.15) is 12.6 Å². The van der Waals surface area contributed by atoms with Gasteiger partial charge in [-0.05, 0) is 26.2 Å². The van der Waals surface area contributed by atoms with Crippen LogP contribution in [0.4, 0.5) is 0 Å². The summed E-state index contributed by atoms with van der Waals surface area (Å²) in [6, 6.07) is 0. The van der Waals surface area contributed by atoms with Gasteiger partial charge in [0.25, 0.3) is 0 Å². The van der Waals surface area contributed by atoms with Crippen molar-refractivity contribution in [3.05, 3.63) is 0 Å². The average Bonchev–Trinajstić information content (AvgIpc) is 1.98. The Kier molecular flexibility index (Phi) is 5.33. The molecule has 0 amide bonds. The monoisotopic (exact) mass is 192 g/mol. The summed E-state index contributed by atoms with van der Waals surface area (Å²) in [7, 11) is 1.64.